The van der Waals surface area contributed by atoms with Crippen LogP contribution in [0.3, 0.4) is 0 Å². The molecule has 180 valence electrons. The number of hydrogen-bond donors (Lipinski definition) is 1. The molecule has 0 fully saturated rings. The lowest BCUT2D eigenvalue weighted by Gasteiger charge is -2.16. The van der Waals surface area contributed by atoms with E-state index in [2.05, 4.69) is 14.9 Å². The molecule has 4 rings (SSSR count). The fourth-order valence-electron chi connectivity index (χ4n) is 3.41. The number of nitro groups is 1. The molecule has 4 aromatic rings. The highest BCUT2D eigenvalue weighted by Gasteiger charge is 2.25. The van der Waals surface area contributed by atoms with Crippen molar-refractivity contribution >= 4 is 27.5 Å². The zero-order valence-corrected chi connectivity index (χ0v) is 20.7. The van der Waals surface area contributed by atoms with E-state index >= 15 is 0 Å². The van der Waals surface area contributed by atoms with Crippen molar-refractivity contribution in [2.75, 3.05) is 0 Å². The molecule has 3 aromatic carbocycles. The highest BCUT2D eigenvalue weighted by molar-refractivity contribution is 7.98. The minimum atomic E-state index is -3.81. The van der Waals surface area contributed by atoms with Gasteiger partial charge in [0.25, 0.3) is 5.69 Å². The van der Waals surface area contributed by atoms with Crippen molar-refractivity contribution in [3.05, 3.63) is 106 Å². The number of hydrogen-bond acceptors (Lipinski definition) is 7. The van der Waals surface area contributed by atoms with Crippen LogP contribution in [0.4, 0.5) is 5.69 Å². The first-order chi connectivity index (χ1) is 16.7. The van der Waals surface area contributed by atoms with E-state index in [0.29, 0.717) is 22.4 Å². The molecule has 0 aliphatic heterocycles. The molecule has 0 bridgehead atoms. The number of sulfonamides is 1. The Kier molecular flexibility index (Phi) is 7.29. The number of rotatable bonds is 9. The van der Waals surface area contributed by atoms with Gasteiger partial charge >= 0.3 is 0 Å². The van der Waals surface area contributed by atoms with Gasteiger partial charge in [-0.3, -0.25) is 14.7 Å². The molecule has 1 heterocycles. The van der Waals surface area contributed by atoms with Gasteiger partial charge in [0.05, 0.1) is 15.9 Å². The molecule has 35 heavy (non-hydrogen) atoms. The van der Waals surface area contributed by atoms with Gasteiger partial charge in [-0.15, -0.1) is 10.2 Å². The number of aromatic nitrogens is 3. The van der Waals surface area contributed by atoms with E-state index in [1.165, 1.54) is 23.9 Å². The van der Waals surface area contributed by atoms with E-state index in [9.17, 15) is 18.5 Å². The molecular weight excluding hydrogens is 486 g/mol. The highest BCUT2D eigenvalue weighted by atomic mass is 32.2. The summed E-state index contributed by atoms with van der Waals surface area (Å²) in [6.07, 6.45) is 0. The Labute approximate surface area is 207 Å². The van der Waals surface area contributed by atoms with Crippen molar-refractivity contribution in [1.29, 1.82) is 0 Å². The lowest BCUT2D eigenvalue weighted by atomic mass is 10.2. The van der Waals surface area contributed by atoms with Gasteiger partial charge in [-0.2, -0.15) is 0 Å². The Bertz CT molecular complexity index is 1420. The maximum Gasteiger partial charge on any atom is 0.269 e. The molecule has 0 spiro atoms. The van der Waals surface area contributed by atoms with Crippen LogP contribution in [0.25, 0.3) is 5.69 Å². The van der Waals surface area contributed by atoms with Crippen LogP contribution in [0, 0.1) is 17.0 Å². The van der Waals surface area contributed by atoms with Crippen molar-refractivity contribution < 1.29 is 13.3 Å². The molecule has 11 heteroatoms. The van der Waals surface area contributed by atoms with Crippen molar-refractivity contribution in [2.24, 2.45) is 0 Å². The summed E-state index contributed by atoms with van der Waals surface area (Å²) >= 11 is 1.44. The molecule has 0 aliphatic rings. The van der Waals surface area contributed by atoms with Gasteiger partial charge in [0.2, 0.25) is 10.0 Å². The third-order valence-electron chi connectivity index (χ3n) is 5.24. The zero-order chi connectivity index (χ0) is 25.0. The van der Waals surface area contributed by atoms with Crippen molar-refractivity contribution in [3.63, 3.8) is 0 Å². The number of benzene rings is 3. The number of non-ortho nitro benzene ring substituents is 1. The highest BCUT2D eigenvalue weighted by Crippen LogP contribution is 2.29. The van der Waals surface area contributed by atoms with E-state index in [1.807, 2.05) is 37.3 Å². The van der Waals surface area contributed by atoms with Crippen molar-refractivity contribution in [2.45, 2.75) is 35.7 Å². The summed E-state index contributed by atoms with van der Waals surface area (Å²) in [5.41, 5.74) is 2.59. The van der Waals surface area contributed by atoms with Crippen LogP contribution in [0.2, 0.25) is 0 Å². The Morgan fingerprint density at radius 2 is 1.66 bits per heavy atom. The molecule has 1 atom stereocenters. The average molecular weight is 510 g/mol. The van der Waals surface area contributed by atoms with Crippen molar-refractivity contribution in [3.8, 4) is 5.69 Å². The molecule has 9 nitrogen and oxygen atoms in total. The van der Waals surface area contributed by atoms with Gasteiger partial charge < -0.3 is 0 Å². The monoisotopic (exact) mass is 509 g/mol. The first-order valence-electron chi connectivity index (χ1n) is 10.7. The summed E-state index contributed by atoms with van der Waals surface area (Å²) in [5, 5.41) is 20.2. The third-order valence-corrected chi connectivity index (χ3v) is 7.80. The van der Waals surface area contributed by atoms with Crippen LogP contribution in [-0.4, -0.2) is 28.1 Å². The number of aryl methyl sites for hydroxylation is 1. The zero-order valence-electron chi connectivity index (χ0n) is 19.0. The predicted octanol–water partition coefficient (Wildman–Crippen LogP) is 4.82. The number of nitrogens with zero attached hydrogens (tertiary/aromatic N) is 4. The minimum Gasteiger partial charge on any atom is -0.273 e. The van der Waals surface area contributed by atoms with Crippen LogP contribution < -0.4 is 4.72 Å². The van der Waals surface area contributed by atoms with Crippen LogP contribution in [0.5, 0.6) is 0 Å². The molecule has 1 N–H and O–H groups in total. The van der Waals surface area contributed by atoms with Gasteiger partial charge in [0.15, 0.2) is 11.0 Å². The second-order valence-electron chi connectivity index (χ2n) is 7.88. The second kappa shape index (κ2) is 10.4. The Morgan fingerprint density at radius 1 is 1.00 bits per heavy atom. The van der Waals surface area contributed by atoms with Gasteiger partial charge in [-0.25, -0.2) is 13.1 Å². The van der Waals surface area contributed by atoms with E-state index in [1.54, 1.807) is 47.9 Å². The molecule has 0 saturated carbocycles. The fourth-order valence-corrected chi connectivity index (χ4v) is 5.53. The number of thioether (sulfide) groups is 1. The largest absolute Gasteiger partial charge is 0.273 e. The van der Waals surface area contributed by atoms with Gasteiger partial charge in [-0.1, -0.05) is 59.8 Å². The molecule has 1 aromatic heterocycles. The second-order valence-corrected chi connectivity index (χ2v) is 10.5. The first kappa shape index (κ1) is 24.6. The summed E-state index contributed by atoms with van der Waals surface area (Å²) in [6.45, 7) is 3.57. The first-order valence-corrected chi connectivity index (χ1v) is 13.2. The van der Waals surface area contributed by atoms with Gasteiger partial charge in [0.1, 0.15) is 0 Å². The number of nitro benzene ring substituents is 1. The van der Waals surface area contributed by atoms with E-state index in [4.69, 9.17) is 0 Å². The maximum atomic E-state index is 13.0. The van der Waals surface area contributed by atoms with E-state index in [-0.39, 0.29) is 10.6 Å². The maximum absolute atomic E-state index is 13.0. The summed E-state index contributed by atoms with van der Waals surface area (Å²) in [6, 6.07) is 21.7. The van der Waals surface area contributed by atoms with Gasteiger partial charge in [0, 0.05) is 23.6 Å². The standard InChI is InChI=1S/C24H23N5O4S2/c1-17-8-14-22(15-9-17)35(32,33)27-18(2)23-25-26-24(34-16-19-6-4-3-5-7-19)28(23)20-10-12-21(13-11-20)29(30)31/h3-15,18,27H,16H2,1-2H3. The molecule has 0 aliphatic carbocycles. The van der Waals surface area contributed by atoms with Crippen molar-refractivity contribution in [1.82, 2.24) is 19.5 Å². The van der Waals surface area contributed by atoms with Crippen LogP contribution in [0.1, 0.15) is 29.9 Å². The summed E-state index contributed by atoms with van der Waals surface area (Å²) in [7, 11) is -3.81. The fraction of sp³-hybridized carbons (Fsp3) is 0.167. The van der Waals surface area contributed by atoms with E-state index < -0.39 is 21.0 Å². The van der Waals surface area contributed by atoms with Gasteiger partial charge in [-0.05, 0) is 43.7 Å². The lowest BCUT2D eigenvalue weighted by molar-refractivity contribution is -0.384. The summed E-state index contributed by atoms with van der Waals surface area (Å²) in [4.78, 5) is 10.8. The van der Waals surface area contributed by atoms with Crippen LogP contribution in [-0.2, 0) is 15.8 Å². The minimum absolute atomic E-state index is 0.0463. The Hall–Kier alpha value is -3.54. The molecule has 0 radical (unpaired) electrons. The lowest BCUT2D eigenvalue weighted by Crippen LogP contribution is -2.28. The Morgan fingerprint density at radius 3 is 2.29 bits per heavy atom. The average Bonchev–Trinajstić information content (AvgIpc) is 3.27. The number of nitrogens with one attached hydrogen (secondary N) is 1. The smallest absolute Gasteiger partial charge is 0.269 e. The quantitative estimate of drug-likeness (QED) is 0.195. The predicted molar refractivity (Wildman–Crippen MR) is 134 cm³/mol. The van der Waals surface area contributed by atoms with Crippen LogP contribution in [0.15, 0.2) is 88.9 Å². The third kappa shape index (κ3) is 5.76. The summed E-state index contributed by atoms with van der Waals surface area (Å²) < 4.78 is 30.3. The van der Waals surface area contributed by atoms with Crippen LogP contribution >= 0.6 is 11.8 Å². The molecule has 0 saturated heterocycles. The molecule has 1 unspecified atom stereocenters. The Balaban J connectivity index is 1.68. The topological polar surface area (TPSA) is 120 Å². The normalized spacial score (nSPS) is 12.4. The van der Waals surface area contributed by atoms with E-state index in [0.717, 1.165) is 11.1 Å². The summed E-state index contributed by atoms with van der Waals surface area (Å²) in [5.74, 6) is 0.986. The SMILES string of the molecule is Cc1ccc(S(=O)(=O)NC(C)c2nnc(SCc3ccccc3)n2-c2ccc([N+](=O)[O-])cc2)cc1. The molecular formula is C24H23N5O4S2. The molecule has 0 amide bonds.